The van der Waals surface area contributed by atoms with E-state index in [0.717, 1.165) is 32.9 Å². The summed E-state index contributed by atoms with van der Waals surface area (Å²) in [4.78, 5) is 21.4. The number of nitrogens with one attached hydrogen (secondary N) is 3. The molecule has 3 aromatic heterocycles. The number of amides is 2. The Morgan fingerprint density at radius 3 is 2.74 bits per heavy atom. The van der Waals surface area contributed by atoms with Gasteiger partial charge in [-0.05, 0) is 36.6 Å². The van der Waals surface area contributed by atoms with Gasteiger partial charge in [-0.15, -0.1) is 11.3 Å². The van der Waals surface area contributed by atoms with Gasteiger partial charge in [0.15, 0.2) is 5.65 Å². The molecule has 10 heteroatoms. The number of urea groups is 1. The normalized spacial score (nSPS) is 11.2. The van der Waals surface area contributed by atoms with Gasteiger partial charge >= 0.3 is 6.03 Å². The van der Waals surface area contributed by atoms with Gasteiger partial charge in [-0.2, -0.15) is 5.10 Å². The van der Waals surface area contributed by atoms with Crippen LogP contribution in [0.3, 0.4) is 0 Å². The highest BCUT2D eigenvalue weighted by atomic mass is 35.5. The molecule has 0 saturated heterocycles. The van der Waals surface area contributed by atoms with Gasteiger partial charge in [-0.3, -0.25) is 15.4 Å². The molecule has 4 rings (SSSR count). The number of aromatic nitrogens is 4. The lowest BCUT2D eigenvalue weighted by Crippen LogP contribution is -2.34. The zero-order valence-electron chi connectivity index (χ0n) is 17.5. The summed E-state index contributed by atoms with van der Waals surface area (Å²) < 4.78 is 1.74. The molecule has 1 aromatic carbocycles. The summed E-state index contributed by atoms with van der Waals surface area (Å²) in [6.07, 6.45) is 0. The summed E-state index contributed by atoms with van der Waals surface area (Å²) in [6.45, 7) is 6.20. The van der Waals surface area contributed by atoms with E-state index in [4.69, 9.17) is 11.6 Å². The lowest BCUT2D eigenvalue weighted by atomic mass is 10.00. The summed E-state index contributed by atoms with van der Waals surface area (Å²) in [5, 5.41) is 11.4. The minimum atomic E-state index is -0.447. The molecule has 0 aliphatic carbocycles. The lowest BCUT2D eigenvalue weighted by Gasteiger charge is -2.13. The fourth-order valence-electron chi connectivity index (χ4n) is 3.35. The summed E-state index contributed by atoms with van der Waals surface area (Å²) in [7, 11) is 1.86. The monoisotopic (exact) mass is 455 g/mol. The maximum atomic E-state index is 12.4. The SMILES string of the molecule is Cc1nn(C)c2nc(NNC(=O)Nc3csc(-c4cccc(Cl)c4)n3)cc(C(C)C)c12. The van der Waals surface area contributed by atoms with E-state index in [-0.39, 0.29) is 5.92 Å². The summed E-state index contributed by atoms with van der Waals surface area (Å²) in [5.41, 5.74) is 9.20. The molecule has 4 aromatic rings. The molecule has 0 unspecified atom stereocenters. The van der Waals surface area contributed by atoms with Gasteiger partial charge in [0.2, 0.25) is 0 Å². The molecule has 8 nitrogen and oxygen atoms in total. The minimum Gasteiger partial charge on any atom is -0.290 e. The largest absolute Gasteiger partial charge is 0.339 e. The van der Waals surface area contributed by atoms with Crippen molar-refractivity contribution < 1.29 is 4.79 Å². The third kappa shape index (κ3) is 4.47. The fraction of sp³-hybridized carbons (Fsp3) is 0.238. The predicted octanol–water partition coefficient (Wildman–Crippen LogP) is 5.33. The van der Waals surface area contributed by atoms with E-state index >= 15 is 0 Å². The highest BCUT2D eigenvalue weighted by Crippen LogP contribution is 2.29. The Morgan fingerprint density at radius 1 is 1.19 bits per heavy atom. The third-order valence-corrected chi connectivity index (χ3v) is 5.87. The number of rotatable bonds is 5. The summed E-state index contributed by atoms with van der Waals surface area (Å²) >= 11 is 7.46. The molecular weight excluding hydrogens is 434 g/mol. The van der Waals surface area contributed by atoms with Gasteiger partial charge in [0.1, 0.15) is 16.6 Å². The van der Waals surface area contributed by atoms with Gasteiger partial charge in [0.25, 0.3) is 0 Å². The first kappa shape index (κ1) is 21.1. The summed E-state index contributed by atoms with van der Waals surface area (Å²) in [5.74, 6) is 1.27. The first-order valence-electron chi connectivity index (χ1n) is 9.70. The van der Waals surface area contributed by atoms with Crippen molar-refractivity contribution in [1.82, 2.24) is 25.2 Å². The van der Waals surface area contributed by atoms with Crippen LogP contribution in [0.5, 0.6) is 0 Å². The predicted molar refractivity (Wildman–Crippen MR) is 126 cm³/mol. The molecule has 160 valence electrons. The van der Waals surface area contributed by atoms with Crippen LogP contribution in [-0.2, 0) is 7.05 Å². The van der Waals surface area contributed by atoms with Gasteiger partial charge in [-0.25, -0.2) is 20.2 Å². The second-order valence-electron chi connectivity index (χ2n) is 7.41. The van der Waals surface area contributed by atoms with E-state index in [1.807, 2.05) is 38.2 Å². The number of hydrogen-bond acceptors (Lipinski definition) is 6. The fourth-order valence-corrected chi connectivity index (χ4v) is 4.29. The van der Waals surface area contributed by atoms with Crippen LogP contribution in [0, 0.1) is 6.92 Å². The van der Waals surface area contributed by atoms with Crippen LogP contribution in [0.1, 0.15) is 31.0 Å². The Morgan fingerprint density at radius 2 is 2.00 bits per heavy atom. The maximum Gasteiger partial charge on any atom is 0.339 e. The van der Waals surface area contributed by atoms with Crippen molar-refractivity contribution in [2.75, 3.05) is 10.7 Å². The van der Waals surface area contributed by atoms with Crippen molar-refractivity contribution in [2.45, 2.75) is 26.7 Å². The first-order chi connectivity index (χ1) is 14.8. The number of fused-ring (bicyclic) bond motifs is 1. The smallest absolute Gasteiger partial charge is 0.290 e. The van der Waals surface area contributed by atoms with E-state index < -0.39 is 6.03 Å². The number of hydrazine groups is 1. The van der Waals surface area contributed by atoms with Crippen LogP contribution in [-0.4, -0.2) is 25.8 Å². The van der Waals surface area contributed by atoms with Crippen LogP contribution in [0.4, 0.5) is 16.4 Å². The number of thiazole rings is 1. The second-order valence-corrected chi connectivity index (χ2v) is 8.71. The number of carbonyl (C=O) groups excluding carboxylic acids is 1. The molecule has 0 saturated carbocycles. The van der Waals surface area contributed by atoms with Crippen molar-refractivity contribution in [3.05, 3.63) is 52.0 Å². The van der Waals surface area contributed by atoms with Crippen LogP contribution < -0.4 is 16.2 Å². The van der Waals surface area contributed by atoms with E-state index in [9.17, 15) is 4.79 Å². The zero-order chi connectivity index (χ0) is 22.1. The quantitative estimate of drug-likeness (QED) is 0.353. The van der Waals surface area contributed by atoms with Crippen molar-refractivity contribution in [1.29, 1.82) is 0 Å². The zero-order valence-corrected chi connectivity index (χ0v) is 19.1. The standard InChI is InChI=1S/C21H22ClN7OS/c1-11(2)15-9-16(23-19-18(15)12(3)28-29(19)4)26-27-21(30)25-17-10-31-20(24-17)13-6-5-7-14(22)8-13/h5-11H,1-4H3,(H,23,26)(H2,25,27,30). The average Bonchev–Trinajstić information content (AvgIpc) is 3.30. The Hall–Kier alpha value is -3.17. The lowest BCUT2D eigenvalue weighted by molar-refractivity contribution is 0.253. The van der Waals surface area contributed by atoms with Gasteiger partial charge < -0.3 is 0 Å². The van der Waals surface area contributed by atoms with E-state index in [1.165, 1.54) is 11.3 Å². The molecule has 0 atom stereocenters. The molecule has 0 fully saturated rings. The van der Waals surface area contributed by atoms with Gasteiger partial charge in [0, 0.05) is 28.4 Å². The molecule has 0 aliphatic heterocycles. The van der Waals surface area contributed by atoms with Crippen LogP contribution in [0.25, 0.3) is 21.6 Å². The molecule has 31 heavy (non-hydrogen) atoms. The number of hydrogen-bond donors (Lipinski definition) is 3. The number of anilines is 2. The Balaban J connectivity index is 1.46. The van der Waals surface area contributed by atoms with Crippen molar-refractivity contribution in [3.8, 4) is 10.6 Å². The van der Waals surface area contributed by atoms with E-state index in [2.05, 4.69) is 45.1 Å². The van der Waals surface area contributed by atoms with Crippen molar-refractivity contribution in [2.24, 2.45) is 7.05 Å². The number of pyridine rings is 1. The Labute approximate surface area is 188 Å². The minimum absolute atomic E-state index is 0.280. The van der Waals surface area contributed by atoms with E-state index in [1.54, 1.807) is 16.1 Å². The number of benzene rings is 1. The number of halogens is 1. The van der Waals surface area contributed by atoms with Gasteiger partial charge in [-0.1, -0.05) is 37.6 Å². The average molecular weight is 456 g/mol. The molecule has 0 radical (unpaired) electrons. The number of carbonyl (C=O) groups is 1. The second kappa shape index (κ2) is 8.52. The first-order valence-corrected chi connectivity index (χ1v) is 11.0. The molecule has 0 spiro atoms. The molecule has 3 heterocycles. The van der Waals surface area contributed by atoms with Crippen molar-refractivity contribution >= 4 is 51.6 Å². The molecular formula is C21H22ClN7OS. The molecule has 3 N–H and O–H groups in total. The van der Waals surface area contributed by atoms with Gasteiger partial charge in [0.05, 0.1) is 5.69 Å². The van der Waals surface area contributed by atoms with Crippen molar-refractivity contribution in [3.63, 3.8) is 0 Å². The number of nitrogens with zero attached hydrogens (tertiary/aromatic N) is 4. The summed E-state index contributed by atoms with van der Waals surface area (Å²) in [6, 6.07) is 8.91. The van der Waals surface area contributed by atoms with Crippen LogP contribution in [0.15, 0.2) is 35.7 Å². The maximum absolute atomic E-state index is 12.4. The van der Waals surface area contributed by atoms with Crippen LogP contribution in [0.2, 0.25) is 5.02 Å². The molecule has 0 aliphatic rings. The Bertz CT molecular complexity index is 1260. The third-order valence-electron chi connectivity index (χ3n) is 4.74. The van der Waals surface area contributed by atoms with E-state index in [0.29, 0.717) is 16.7 Å². The highest BCUT2D eigenvalue weighted by Gasteiger charge is 2.16. The van der Waals surface area contributed by atoms with Crippen LogP contribution >= 0.6 is 22.9 Å². The Kier molecular flexibility index (Phi) is 5.79. The topological polar surface area (TPSA) is 96.8 Å². The molecule has 2 amide bonds. The number of aryl methyl sites for hydroxylation is 2. The highest BCUT2D eigenvalue weighted by molar-refractivity contribution is 7.13. The molecule has 0 bridgehead atoms.